The van der Waals surface area contributed by atoms with Gasteiger partial charge in [0.2, 0.25) is 0 Å². The predicted octanol–water partition coefficient (Wildman–Crippen LogP) is 2.24. The van der Waals surface area contributed by atoms with Gasteiger partial charge in [0.1, 0.15) is 16.5 Å². The molecule has 0 amide bonds. The maximum absolute atomic E-state index is 13.3. The summed E-state index contributed by atoms with van der Waals surface area (Å²) in [5, 5.41) is 0. The fourth-order valence-corrected chi connectivity index (χ4v) is 3.13. The summed E-state index contributed by atoms with van der Waals surface area (Å²) in [7, 11) is -1.04. The molecule has 0 aliphatic rings. The number of ether oxygens (including phenoxy) is 1. The molecule has 2 N–H and O–H groups in total. The Morgan fingerprint density at radius 2 is 1.76 bits per heavy atom. The Balaban J connectivity index is 2.44. The summed E-state index contributed by atoms with van der Waals surface area (Å²) in [5.74, 6) is -0.0549. The van der Waals surface area contributed by atoms with E-state index < -0.39 is 15.8 Å². The van der Waals surface area contributed by atoms with E-state index in [1.807, 2.05) is 0 Å². The van der Waals surface area contributed by atoms with Gasteiger partial charge in [-0.1, -0.05) is 0 Å². The lowest BCUT2D eigenvalue weighted by Crippen LogP contribution is -2.27. The molecule has 0 aromatic heterocycles. The van der Waals surface area contributed by atoms with Crippen LogP contribution in [0.1, 0.15) is 0 Å². The zero-order chi connectivity index (χ0) is 15.6. The van der Waals surface area contributed by atoms with E-state index >= 15 is 0 Å². The highest BCUT2D eigenvalue weighted by atomic mass is 32.2. The summed E-state index contributed by atoms with van der Waals surface area (Å²) in [6.45, 7) is 0. The molecule has 0 bridgehead atoms. The minimum absolute atomic E-state index is 0.00300. The normalized spacial score (nSPS) is 11.2. The molecule has 0 saturated carbocycles. The first-order chi connectivity index (χ1) is 9.86. The second-order valence-electron chi connectivity index (χ2n) is 4.35. The summed E-state index contributed by atoms with van der Waals surface area (Å²) < 4.78 is 44.4. The van der Waals surface area contributed by atoms with Crippen LogP contribution in [0.25, 0.3) is 0 Å². The summed E-state index contributed by atoms with van der Waals surface area (Å²) >= 11 is 0. The van der Waals surface area contributed by atoms with Crippen LogP contribution in [0.15, 0.2) is 47.4 Å². The van der Waals surface area contributed by atoms with Crippen LogP contribution >= 0.6 is 0 Å². The van der Waals surface area contributed by atoms with Gasteiger partial charge in [0.15, 0.2) is 0 Å². The maximum atomic E-state index is 13.3. The van der Waals surface area contributed by atoms with Gasteiger partial charge in [-0.25, -0.2) is 12.8 Å². The van der Waals surface area contributed by atoms with Crippen molar-refractivity contribution in [3.8, 4) is 5.75 Å². The van der Waals surface area contributed by atoms with Crippen molar-refractivity contribution in [3.05, 3.63) is 48.3 Å². The number of rotatable bonds is 4. The molecule has 0 unspecified atom stereocenters. The lowest BCUT2D eigenvalue weighted by atomic mass is 10.3. The maximum Gasteiger partial charge on any atom is 0.266 e. The molecule has 21 heavy (non-hydrogen) atoms. The fraction of sp³-hybridized carbons (Fsp3) is 0.143. The molecule has 0 radical (unpaired) electrons. The van der Waals surface area contributed by atoms with Crippen molar-refractivity contribution in [1.82, 2.24) is 0 Å². The highest BCUT2D eigenvalue weighted by Gasteiger charge is 2.24. The van der Waals surface area contributed by atoms with E-state index in [0.29, 0.717) is 11.4 Å². The molecule has 0 atom stereocenters. The Hall–Kier alpha value is -2.28. The van der Waals surface area contributed by atoms with E-state index in [2.05, 4.69) is 0 Å². The number of nitrogens with zero attached hydrogens (tertiary/aromatic N) is 1. The first-order valence-corrected chi connectivity index (χ1v) is 7.48. The van der Waals surface area contributed by atoms with Crippen LogP contribution < -0.4 is 14.8 Å². The second-order valence-corrected chi connectivity index (χ2v) is 6.29. The Kier molecular flexibility index (Phi) is 4.04. The van der Waals surface area contributed by atoms with Gasteiger partial charge in [0, 0.05) is 7.05 Å². The topological polar surface area (TPSA) is 72.6 Å². The molecule has 0 aliphatic heterocycles. The molecular formula is C14H15FN2O3S. The fourth-order valence-electron chi connectivity index (χ4n) is 1.81. The first kappa shape index (κ1) is 15.1. The number of methoxy groups -OCH3 is 1. The third-order valence-electron chi connectivity index (χ3n) is 3.05. The number of hydrogen-bond donors (Lipinski definition) is 1. The molecule has 2 aromatic rings. The van der Waals surface area contributed by atoms with E-state index in [0.717, 1.165) is 16.4 Å². The van der Waals surface area contributed by atoms with Crippen LogP contribution in [0.4, 0.5) is 15.8 Å². The van der Waals surface area contributed by atoms with Gasteiger partial charge < -0.3 is 10.5 Å². The second kappa shape index (κ2) is 5.61. The van der Waals surface area contributed by atoms with E-state index in [9.17, 15) is 12.8 Å². The average Bonchev–Trinajstić information content (AvgIpc) is 2.49. The van der Waals surface area contributed by atoms with Crippen LogP contribution in [-0.4, -0.2) is 22.6 Å². The molecule has 112 valence electrons. The molecular weight excluding hydrogens is 295 g/mol. The Labute approximate surface area is 122 Å². The van der Waals surface area contributed by atoms with Crippen molar-refractivity contribution in [2.24, 2.45) is 0 Å². The van der Waals surface area contributed by atoms with Crippen molar-refractivity contribution in [2.75, 3.05) is 24.2 Å². The van der Waals surface area contributed by atoms with Gasteiger partial charge >= 0.3 is 0 Å². The van der Waals surface area contributed by atoms with Gasteiger partial charge in [-0.15, -0.1) is 0 Å². The molecule has 0 heterocycles. The van der Waals surface area contributed by atoms with Crippen LogP contribution in [0.3, 0.4) is 0 Å². The van der Waals surface area contributed by atoms with Gasteiger partial charge in [-0.3, -0.25) is 4.31 Å². The number of anilines is 2. The smallest absolute Gasteiger partial charge is 0.266 e. The zero-order valence-electron chi connectivity index (χ0n) is 11.6. The van der Waals surface area contributed by atoms with Crippen molar-refractivity contribution in [2.45, 2.75) is 4.90 Å². The lowest BCUT2D eigenvalue weighted by Gasteiger charge is -2.20. The van der Waals surface area contributed by atoms with Crippen molar-refractivity contribution in [1.29, 1.82) is 0 Å². The minimum atomic E-state index is -3.94. The van der Waals surface area contributed by atoms with E-state index in [1.165, 1.54) is 20.2 Å². The minimum Gasteiger partial charge on any atom is -0.497 e. The zero-order valence-corrected chi connectivity index (χ0v) is 12.4. The Bertz CT molecular complexity index is 745. The Morgan fingerprint density at radius 3 is 2.33 bits per heavy atom. The molecule has 0 aliphatic carbocycles. The predicted molar refractivity (Wildman–Crippen MR) is 79.4 cm³/mol. The van der Waals surface area contributed by atoms with Gasteiger partial charge in [0.05, 0.1) is 18.5 Å². The number of nitrogens with two attached hydrogens (primary N) is 1. The summed E-state index contributed by atoms with van der Waals surface area (Å²) in [6.07, 6.45) is 0. The van der Waals surface area contributed by atoms with Crippen molar-refractivity contribution >= 4 is 21.4 Å². The number of halogens is 1. The molecule has 0 fully saturated rings. The third kappa shape index (κ3) is 2.92. The molecule has 2 rings (SSSR count). The molecule has 0 saturated heterocycles. The Morgan fingerprint density at radius 1 is 1.14 bits per heavy atom. The van der Waals surface area contributed by atoms with Gasteiger partial charge in [-0.2, -0.15) is 0 Å². The molecule has 5 nitrogen and oxygen atoms in total. The van der Waals surface area contributed by atoms with Crippen LogP contribution in [0.5, 0.6) is 5.75 Å². The van der Waals surface area contributed by atoms with Gasteiger partial charge in [-0.05, 0) is 42.5 Å². The van der Waals surface area contributed by atoms with Gasteiger partial charge in [0.25, 0.3) is 10.0 Å². The third-order valence-corrected chi connectivity index (χ3v) is 4.89. The quantitative estimate of drug-likeness (QED) is 0.879. The molecule has 0 spiro atoms. The average molecular weight is 310 g/mol. The largest absolute Gasteiger partial charge is 0.497 e. The standard InChI is InChI=1S/C14H15FN2O3S/c1-17(11-4-6-12(20-2)7-5-11)21(18,19)14-9-10(15)3-8-13(14)16/h3-9H,16H2,1-2H3. The highest BCUT2D eigenvalue weighted by molar-refractivity contribution is 7.93. The van der Waals surface area contributed by atoms with E-state index in [1.54, 1.807) is 24.3 Å². The van der Waals surface area contributed by atoms with Crippen molar-refractivity contribution < 1.29 is 17.5 Å². The molecule has 2 aromatic carbocycles. The summed E-state index contributed by atoms with van der Waals surface area (Å²) in [6, 6.07) is 9.70. The summed E-state index contributed by atoms with van der Waals surface area (Å²) in [4.78, 5) is -0.263. The van der Waals surface area contributed by atoms with Crippen LogP contribution in [0, 0.1) is 5.82 Å². The van der Waals surface area contributed by atoms with E-state index in [4.69, 9.17) is 10.5 Å². The number of sulfonamides is 1. The van der Waals surface area contributed by atoms with E-state index in [-0.39, 0.29) is 10.6 Å². The number of benzene rings is 2. The number of hydrogen-bond acceptors (Lipinski definition) is 4. The first-order valence-electron chi connectivity index (χ1n) is 6.04. The molecule has 7 heteroatoms. The number of nitrogen functional groups attached to an aromatic ring is 1. The monoisotopic (exact) mass is 310 g/mol. The lowest BCUT2D eigenvalue weighted by molar-refractivity contribution is 0.415. The van der Waals surface area contributed by atoms with Crippen LogP contribution in [0.2, 0.25) is 0 Å². The highest BCUT2D eigenvalue weighted by Crippen LogP contribution is 2.27. The summed E-state index contributed by atoms with van der Waals surface area (Å²) in [5.41, 5.74) is 6.06. The SMILES string of the molecule is COc1ccc(N(C)S(=O)(=O)c2cc(F)ccc2N)cc1. The van der Waals surface area contributed by atoms with Crippen molar-refractivity contribution in [3.63, 3.8) is 0 Å². The van der Waals surface area contributed by atoms with Crippen LogP contribution in [-0.2, 0) is 10.0 Å².